The van der Waals surface area contributed by atoms with Crippen LogP contribution < -0.4 is 10.6 Å². The Kier molecular flexibility index (Phi) is 8.97. The van der Waals surface area contributed by atoms with Gasteiger partial charge >= 0.3 is 13.2 Å². The van der Waals surface area contributed by atoms with E-state index in [9.17, 15) is 14.4 Å². The molecule has 0 saturated carbocycles. The van der Waals surface area contributed by atoms with E-state index in [4.69, 9.17) is 14.0 Å². The molecular formula is C25H46BN3O6. The molecule has 2 rings (SSSR count). The predicted octanol–water partition coefficient (Wildman–Crippen LogP) is 3.30. The molecule has 3 amide bonds. The lowest BCUT2D eigenvalue weighted by Gasteiger charge is -2.32. The van der Waals surface area contributed by atoms with Gasteiger partial charge in [0.25, 0.3) is 0 Å². The lowest BCUT2D eigenvalue weighted by atomic mass is 9.72. The van der Waals surface area contributed by atoms with Crippen LogP contribution >= 0.6 is 0 Å². The molecule has 2 fully saturated rings. The van der Waals surface area contributed by atoms with Crippen LogP contribution in [0.3, 0.4) is 0 Å². The summed E-state index contributed by atoms with van der Waals surface area (Å²) in [6.45, 7) is 21.4. The SMILES string of the molecule is CC(C)[C@H](NC(=O)[C@@H]1CCCN1C(=O)[C@@H](NC(=O)OC(C)(C)C)C(C)C)B1OC(C)(C)C(C)(C)O1. The van der Waals surface area contributed by atoms with Crippen molar-refractivity contribution in [3.05, 3.63) is 0 Å². The van der Waals surface area contributed by atoms with Gasteiger partial charge in [-0.05, 0) is 73.1 Å². The summed E-state index contributed by atoms with van der Waals surface area (Å²) in [7, 11) is -0.591. The van der Waals surface area contributed by atoms with E-state index < -0.39 is 42.1 Å². The highest BCUT2D eigenvalue weighted by atomic mass is 16.7. The first kappa shape index (κ1) is 29.4. The Morgan fingerprint density at radius 1 is 0.971 bits per heavy atom. The fraction of sp³-hybridized carbons (Fsp3) is 0.880. The topological polar surface area (TPSA) is 106 Å². The van der Waals surface area contributed by atoms with Gasteiger partial charge in [-0.25, -0.2) is 4.79 Å². The molecule has 0 aromatic carbocycles. The number of carbonyl (C=O) groups is 3. The molecule has 2 heterocycles. The standard InChI is InChI=1S/C25H46BN3O6/c1-15(2)18(27-22(32)33-23(5,6)7)21(31)29-14-12-13-17(29)20(30)28-19(16(3)4)26-34-24(8,9)25(10,11)35-26/h15-19H,12-14H2,1-11H3,(H,27,32)(H,28,30)/t17-,18-,19-/m0/s1. The highest BCUT2D eigenvalue weighted by Gasteiger charge is 2.55. The largest absolute Gasteiger partial charge is 0.482 e. The summed E-state index contributed by atoms with van der Waals surface area (Å²) in [6.07, 6.45) is 0.623. The highest BCUT2D eigenvalue weighted by Crippen LogP contribution is 2.38. The van der Waals surface area contributed by atoms with Crippen LogP contribution in [0.15, 0.2) is 0 Å². The van der Waals surface area contributed by atoms with Crippen molar-refractivity contribution in [1.29, 1.82) is 0 Å². The maximum Gasteiger partial charge on any atom is 0.482 e. The zero-order chi connectivity index (χ0) is 26.9. The molecule has 0 spiro atoms. The van der Waals surface area contributed by atoms with Crippen LogP contribution in [-0.2, 0) is 23.6 Å². The van der Waals surface area contributed by atoms with Crippen molar-refractivity contribution in [1.82, 2.24) is 15.5 Å². The maximum absolute atomic E-state index is 13.5. The van der Waals surface area contributed by atoms with Gasteiger partial charge in [0.1, 0.15) is 17.7 Å². The molecule has 3 atom stereocenters. The second-order valence-electron chi connectivity index (χ2n) is 12.5. The van der Waals surface area contributed by atoms with E-state index in [0.29, 0.717) is 19.4 Å². The fourth-order valence-corrected chi connectivity index (χ4v) is 4.27. The monoisotopic (exact) mass is 495 g/mol. The number of amides is 3. The normalized spacial score (nSPS) is 23.4. The minimum Gasteiger partial charge on any atom is -0.444 e. The van der Waals surface area contributed by atoms with Crippen molar-refractivity contribution in [3.63, 3.8) is 0 Å². The van der Waals surface area contributed by atoms with Crippen molar-refractivity contribution in [2.45, 2.75) is 124 Å². The van der Waals surface area contributed by atoms with Gasteiger partial charge in [-0.2, -0.15) is 0 Å². The van der Waals surface area contributed by atoms with E-state index in [1.165, 1.54) is 0 Å². The molecule has 0 unspecified atom stereocenters. The van der Waals surface area contributed by atoms with Gasteiger partial charge in [0.05, 0.1) is 17.1 Å². The average molecular weight is 495 g/mol. The molecule has 0 bridgehead atoms. The Hall–Kier alpha value is -1.81. The van der Waals surface area contributed by atoms with Crippen LogP contribution in [0.5, 0.6) is 0 Å². The second kappa shape index (κ2) is 10.7. The lowest BCUT2D eigenvalue weighted by Crippen LogP contribution is -2.58. The van der Waals surface area contributed by atoms with Gasteiger partial charge in [0.2, 0.25) is 11.8 Å². The predicted molar refractivity (Wildman–Crippen MR) is 136 cm³/mol. The number of carbonyl (C=O) groups excluding carboxylic acids is 3. The zero-order valence-electron chi connectivity index (χ0n) is 23.5. The van der Waals surface area contributed by atoms with E-state index in [2.05, 4.69) is 10.6 Å². The third-order valence-corrected chi connectivity index (χ3v) is 7.04. The first-order valence-corrected chi connectivity index (χ1v) is 12.8. The molecule has 2 saturated heterocycles. The summed E-state index contributed by atoms with van der Waals surface area (Å²) < 4.78 is 17.7. The Morgan fingerprint density at radius 2 is 1.51 bits per heavy atom. The molecule has 2 aliphatic heterocycles. The van der Waals surface area contributed by atoms with E-state index in [-0.39, 0.29) is 29.6 Å². The molecule has 2 N–H and O–H groups in total. The number of rotatable bonds is 7. The molecule has 9 nitrogen and oxygen atoms in total. The first-order valence-electron chi connectivity index (χ1n) is 12.8. The highest BCUT2D eigenvalue weighted by molar-refractivity contribution is 6.48. The van der Waals surface area contributed by atoms with E-state index in [1.807, 2.05) is 55.4 Å². The number of likely N-dealkylation sites (tertiary alicyclic amines) is 1. The third kappa shape index (κ3) is 7.12. The van der Waals surface area contributed by atoms with E-state index in [1.54, 1.807) is 25.7 Å². The molecule has 0 aromatic rings. The average Bonchev–Trinajstić information content (AvgIpc) is 3.24. The summed E-state index contributed by atoms with van der Waals surface area (Å²) in [5, 5.41) is 5.81. The summed E-state index contributed by atoms with van der Waals surface area (Å²) in [5.41, 5.74) is -1.70. The van der Waals surface area contributed by atoms with Gasteiger partial charge in [-0.3, -0.25) is 9.59 Å². The van der Waals surface area contributed by atoms with Crippen LogP contribution in [0.25, 0.3) is 0 Å². The zero-order valence-corrected chi connectivity index (χ0v) is 23.5. The molecule has 10 heteroatoms. The van der Waals surface area contributed by atoms with Gasteiger partial charge in [0.15, 0.2) is 0 Å². The summed E-state index contributed by atoms with van der Waals surface area (Å²) >= 11 is 0. The van der Waals surface area contributed by atoms with Crippen molar-refractivity contribution in [2.75, 3.05) is 6.54 Å². The summed E-state index contributed by atoms with van der Waals surface area (Å²) in [4.78, 5) is 40.9. The van der Waals surface area contributed by atoms with E-state index in [0.717, 1.165) is 0 Å². The van der Waals surface area contributed by atoms with Gasteiger partial charge in [-0.15, -0.1) is 0 Å². The van der Waals surface area contributed by atoms with Gasteiger partial charge in [-0.1, -0.05) is 27.7 Å². The molecule has 200 valence electrons. The Morgan fingerprint density at radius 3 is 1.97 bits per heavy atom. The Labute approximate surface area is 211 Å². The van der Waals surface area contributed by atoms with Crippen molar-refractivity contribution < 1.29 is 28.4 Å². The van der Waals surface area contributed by atoms with Crippen LogP contribution in [0.2, 0.25) is 0 Å². The van der Waals surface area contributed by atoms with Gasteiger partial charge in [0, 0.05) is 6.54 Å². The van der Waals surface area contributed by atoms with Gasteiger partial charge < -0.3 is 29.6 Å². The molecule has 0 radical (unpaired) electrons. The number of nitrogens with zero attached hydrogens (tertiary/aromatic N) is 1. The number of hydrogen-bond donors (Lipinski definition) is 2. The molecule has 0 aromatic heterocycles. The number of alkyl carbamates (subject to hydrolysis) is 1. The smallest absolute Gasteiger partial charge is 0.444 e. The lowest BCUT2D eigenvalue weighted by molar-refractivity contribution is -0.141. The van der Waals surface area contributed by atoms with E-state index >= 15 is 0 Å². The third-order valence-electron chi connectivity index (χ3n) is 7.04. The van der Waals surface area contributed by atoms with Crippen molar-refractivity contribution >= 4 is 25.0 Å². The number of nitrogens with one attached hydrogen (secondary N) is 2. The van der Waals surface area contributed by atoms with Crippen LogP contribution in [-0.4, -0.2) is 71.3 Å². The van der Waals surface area contributed by atoms with Crippen molar-refractivity contribution in [3.8, 4) is 0 Å². The molecule has 2 aliphatic rings. The fourth-order valence-electron chi connectivity index (χ4n) is 4.27. The van der Waals surface area contributed by atoms with Crippen LogP contribution in [0.1, 0.15) is 89.0 Å². The summed E-state index contributed by atoms with van der Waals surface area (Å²) in [5.74, 6) is -1.00. The second-order valence-corrected chi connectivity index (χ2v) is 12.5. The Balaban J connectivity index is 2.14. The summed E-state index contributed by atoms with van der Waals surface area (Å²) in [6, 6.07) is -1.41. The first-order chi connectivity index (χ1) is 15.9. The molecule has 0 aliphatic carbocycles. The van der Waals surface area contributed by atoms with Crippen LogP contribution in [0, 0.1) is 11.8 Å². The van der Waals surface area contributed by atoms with Crippen molar-refractivity contribution in [2.24, 2.45) is 11.8 Å². The minimum absolute atomic E-state index is 0.0523. The van der Waals surface area contributed by atoms with Crippen LogP contribution in [0.4, 0.5) is 4.79 Å². The molecular weight excluding hydrogens is 449 g/mol. The molecule has 35 heavy (non-hydrogen) atoms. The Bertz CT molecular complexity index is 777. The quantitative estimate of drug-likeness (QED) is 0.525. The maximum atomic E-state index is 13.5. The number of hydrogen-bond acceptors (Lipinski definition) is 6. The number of ether oxygens (including phenoxy) is 1. The minimum atomic E-state index is -0.790.